The number of hydrogen-bond acceptors (Lipinski definition) is 5. The molecule has 0 unspecified atom stereocenters. The molecule has 37 heavy (non-hydrogen) atoms. The fourth-order valence-corrected chi connectivity index (χ4v) is 5.44. The number of halogens is 3. The zero-order valence-electron chi connectivity index (χ0n) is 20.8. The Balaban J connectivity index is 1.34. The zero-order chi connectivity index (χ0) is 26.4. The molecule has 3 N–H and O–H groups in total. The average Bonchev–Trinajstić information content (AvgIpc) is 2.86. The lowest BCUT2D eigenvalue weighted by Crippen LogP contribution is -2.58. The first kappa shape index (κ1) is 27.7. The zero-order valence-corrected chi connectivity index (χ0v) is 20.8. The molecule has 3 amide bonds. The van der Waals surface area contributed by atoms with E-state index in [2.05, 4.69) is 10.6 Å². The van der Waals surface area contributed by atoms with Crippen LogP contribution in [-0.2, 0) is 20.4 Å². The number of hydrogen-bond donors (Lipinski definition) is 3. The van der Waals surface area contributed by atoms with Crippen LogP contribution in [0.3, 0.4) is 0 Å². The molecule has 1 aromatic rings. The monoisotopic (exact) mass is 527 g/mol. The first-order chi connectivity index (χ1) is 17.7. The van der Waals surface area contributed by atoms with E-state index in [4.69, 9.17) is 9.47 Å². The van der Waals surface area contributed by atoms with Crippen molar-refractivity contribution in [3.05, 3.63) is 29.8 Å². The van der Waals surface area contributed by atoms with Gasteiger partial charge >= 0.3 is 12.2 Å². The average molecular weight is 528 g/mol. The third-order valence-corrected chi connectivity index (χ3v) is 7.43. The second kappa shape index (κ2) is 12.4. The minimum Gasteiger partial charge on any atom is -0.389 e. The number of alkyl halides is 3. The number of nitrogens with zero attached hydrogens (tertiary/aromatic N) is 1. The largest absolute Gasteiger partial charge is 0.416 e. The Morgan fingerprint density at radius 2 is 1.76 bits per heavy atom. The van der Waals surface area contributed by atoms with Gasteiger partial charge in [-0.1, -0.05) is 19.3 Å². The lowest BCUT2D eigenvalue weighted by Gasteiger charge is -2.44. The van der Waals surface area contributed by atoms with Crippen molar-refractivity contribution in [3.8, 4) is 0 Å². The number of carbonyl (C=O) groups is 2. The van der Waals surface area contributed by atoms with E-state index in [0.717, 1.165) is 25.0 Å². The van der Waals surface area contributed by atoms with E-state index in [1.807, 2.05) is 0 Å². The Hall–Kier alpha value is -2.37. The molecular weight excluding hydrogens is 491 g/mol. The molecule has 2 aliphatic heterocycles. The third kappa shape index (κ3) is 7.81. The van der Waals surface area contributed by atoms with Gasteiger partial charge in [0.05, 0.1) is 50.0 Å². The molecule has 1 saturated carbocycles. The van der Waals surface area contributed by atoms with Crippen molar-refractivity contribution in [2.24, 2.45) is 5.92 Å². The van der Waals surface area contributed by atoms with Gasteiger partial charge in [-0.25, -0.2) is 4.79 Å². The highest BCUT2D eigenvalue weighted by Crippen LogP contribution is 2.31. The predicted molar refractivity (Wildman–Crippen MR) is 130 cm³/mol. The van der Waals surface area contributed by atoms with Crippen LogP contribution in [-0.4, -0.2) is 72.6 Å². The topological polar surface area (TPSA) is 100 Å². The van der Waals surface area contributed by atoms with Crippen LogP contribution in [0.2, 0.25) is 0 Å². The number of anilines is 1. The Labute approximate surface area is 214 Å². The second-order valence-corrected chi connectivity index (χ2v) is 10.3. The molecular formula is C26H36F3N3O5. The quantitative estimate of drug-likeness (QED) is 0.539. The van der Waals surface area contributed by atoms with E-state index < -0.39 is 36.0 Å². The Bertz CT molecular complexity index is 908. The summed E-state index contributed by atoms with van der Waals surface area (Å²) in [5, 5.41) is 16.0. The second-order valence-electron chi connectivity index (χ2n) is 10.3. The van der Waals surface area contributed by atoms with Gasteiger partial charge in [0, 0.05) is 12.2 Å². The fraction of sp³-hybridized carbons (Fsp3) is 0.692. The molecule has 0 radical (unpaired) electrons. The lowest BCUT2D eigenvalue weighted by atomic mass is 9.89. The van der Waals surface area contributed by atoms with Gasteiger partial charge in [-0.15, -0.1) is 0 Å². The number of fused-ring (bicyclic) bond motifs is 1. The number of ether oxygens (including phenoxy) is 2. The number of carbonyl (C=O) groups excluding carboxylic acids is 2. The summed E-state index contributed by atoms with van der Waals surface area (Å²) in [4.78, 5) is 27.1. The molecule has 4 atom stereocenters. The van der Waals surface area contributed by atoms with Gasteiger partial charge in [0.25, 0.3) is 0 Å². The molecule has 0 bridgehead atoms. The van der Waals surface area contributed by atoms with Crippen molar-refractivity contribution >= 4 is 17.6 Å². The third-order valence-electron chi connectivity index (χ3n) is 7.43. The number of aliphatic hydroxyl groups is 1. The van der Waals surface area contributed by atoms with E-state index in [-0.39, 0.29) is 43.9 Å². The Kier molecular flexibility index (Phi) is 9.31. The van der Waals surface area contributed by atoms with Gasteiger partial charge < -0.3 is 30.1 Å². The van der Waals surface area contributed by atoms with Crippen LogP contribution in [0.25, 0.3) is 0 Å². The molecule has 2 saturated heterocycles. The first-order valence-corrected chi connectivity index (χ1v) is 13.1. The van der Waals surface area contributed by atoms with Crippen LogP contribution < -0.4 is 10.6 Å². The number of amides is 3. The van der Waals surface area contributed by atoms with Crippen LogP contribution >= 0.6 is 0 Å². The van der Waals surface area contributed by atoms with Crippen molar-refractivity contribution < 1.29 is 37.3 Å². The summed E-state index contributed by atoms with van der Waals surface area (Å²) in [6, 6.07) is 3.25. The number of rotatable bonds is 5. The summed E-state index contributed by atoms with van der Waals surface area (Å²) in [6.07, 6.45) is 1.15. The normalized spacial score (nSPS) is 27.5. The van der Waals surface area contributed by atoms with Crippen LogP contribution in [0.5, 0.6) is 0 Å². The van der Waals surface area contributed by atoms with Crippen molar-refractivity contribution in [2.75, 3.05) is 31.6 Å². The minimum atomic E-state index is -4.47. The van der Waals surface area contributed by atoms with Crippen LogP contribution in [0.15, 0.2) is 24.3 Å². The molecule has 4 rings (SSSR count). The maximum Gasteiger partial charge on any atom is 0.416 e. The predicted octanol–water partition coefficient (Wildman–Crippen LogP) is 3.93. The Morgan fingerprint density at radius 3 is 2.46 bits per heavy atom. The highest BCUT2D eigenvalue weighted by atomic mass is 19.4. The van der Waals surface area contributed by atoms with E-state index in [1.54, 1.807) is 0 Å². The van der Waals surface area contributed by atoms with E-state index in [1.165, 1.54) is 36.3 Å². The van der Waals surface area contributed by atoms with E-state index in [0.29, 0.717) is 25.3 Å². The number of aliphatic hydroxyl groups excluding tert-OH is 1. The smallest absolute Gasteiger partial charge is 0.389 e. The summed E-state index contributed by atoms with van der Waals surface area (Å²) in [5.74, 6) is 0.490. The van der Waals surface area contributed by atoms with Gasteiger partial charge in [0.15, 0.2) is 0 Å². The summed E-state index contributed by atoms with van der Waals surface area (Å²) in [5.41, 5.74) is -0.592. The molecule has 8 nitrogen and oxygen atoms in total. The summed E-state index contributed by atoms with van der Waals surface area (Å²) < 4.78 is 50.3. The standard InChI is InChI=1S/C26H36F3N3O5/c27-26(28,29)18-6-8-19(9-7-18)31-25(35)32-14-20(33)15-36-16-23-22(32)11-10-21(37-23)12-24(34)30-13-17-4-2-1-3-5-17/h6-9,17,20-23,33H,1-5,10-16H2,(H,30,34)(H,31,35)/t20-,21+,22+,23-/m1/s1. The van der Waals surface area contributed by atoms with Crippen LogP contribution in [0.1, 0.15) is 56.9 Å². The fourth-order valence-electron chi connectivity index (χ4n) is 5.44. The number of benzene rings is 1. The maximum absolute atomic E-state index is 13.1. The highest BCUT2D eigenvalue weighted by Gasteiger charge is 2.40. The molecule has 3 fully saturated rings. The molecule has 1 aromatic carbocycles. The molecule has 3 aliphatic rings. The summed E-state index contributed by atoms with van der Waals surface area (Å²) in [6.45, 7) is 0.856. The molecule has 2 heterocycles. The summed E-state index contributed by atoms with van der Waals surface area (Å²) >= 11 is 0. The molecule has 0 aromatic heterocycles. The van der Waals surface area contributed by atoms with Gasteiger partial charge in [0.1, 0.15) is 6.10 Å². The van der Waals surface area contributed by atoms with Gasteiger partial charge in [-0.2, -0.15) is 13.2 Å². The maximum atomic E-state index is 13.1. The highest BCUT2D eigenvalue weighted by molar-refractivity contribution is 5.89. The number of urea groups is 1. The molecule has 0 spiro atoms. The van der Waals surface area contributed by atoms with Crippen molar-refractivity contribution in [1.29, 1.82) is 0 Å². The van der Waals surface area contributed by atoms with Crippen molar-refractivity contribution in [1.82, 2.24) is 10.2 Å². The van der Waals surface area contributed by atoms with E-state index >= 15 is 0 Å². The molecule has 206 valence electrons. The van der Waals surface area contributed by atoms with Crippen molar-refractivity contribution in [2.45, 2.75) is 81.9 Å². The van der Waals surface area contributed by atoms with Crippen LogP contribution in [0, 0.1) is 5.92 Å². The van der Waals surface area contributed by atoms with Gasteiger partial charge in [0.2, 0.25) is 5.91 Å². The first-order valence-electron chi connectivity index (χ1n) is 13.1. The van der Waals surface area contributed by atoms with Gasteiger partial charge in [-0.05, 0) is 55.9 Å². The van der Waals surface area contributed by atoms with Crippen molar-refractivity contribution in [3.63, 3.8) is 0 Å². The van der Waals surface area contributed by atoms with E-state index in [9.17, 15) is 27.9 Å². The van der Waals surface area contributed by atoms with Gasteiger partial charge in [-0.3, -0.25) is 4.79 Å². The molecule has 11 heteroatoms. The minimum absolute atomic E-state index is 0.0104. The Morgan fingerprint density at radius 1 is 1.03 bits per heavy atom. The molecule has 1 aliphatic carbocycles. The number of β-amino-alcohol motifs (C(OH)–C–C–N with tert-alkyl or cyclic N) is 1. The van der Waals surface area contributed by atoms with Crippen LogP contribution in [0.4, 0.5) is 23.7 Å². The SMILES string of the molecule is O=C(C[C@@H]1CC[C@H]2[C@@H](COC[C@H](O)CN2C(=O)Nc2ccc(C(F)(F)F)cc2)O1)NCC1CCCCC1. The number of nitrogens with one attached hydrogen (secondary N) is 2. The summed E-state index contributed by atoms with van der Waals surface area (Å²) in [7, 11) is 0. The lowest BCUT2D eigenvalue weighted by molar-refractivity contribution is -0.149.